The Hall–Kier alpha value is -2.65. The van der Waals surface area contributed by atoms with Crippen molar-refractivity contribution < 1.29 is 71.1 Å². The van der Waals surface area contributed by atoms with Gasteiger partial charge in [0.25, 0.3) is 0 Å². The summed E-state index contributed by atoms with van der Waals surface area (Å²) in [7, 11) is 0. The third kappa shape index (κ3) is 3.31. The summed E-state index contributed by atoms with van der Waals surface area (Å²) < 4.78 is 231. The zero-order chi connectivity index (χ0) is 27.8. The van der Waals surface area contributed by atoms with Gasteiger partial charge in [0, 0.05) is 0 Å². The molecule has 0 heterocycles. The standard InChI is InChI=1S/3C6F5.Bi.2FH/c3*7-2-1-3(8)5(10)6(11)4(2)9;;;/h;;;;2*1H/q;;;+2;;/p-2. The fraction of sp³-hybridized carbons (Fsp3) is 0. The Balaban J connectivity index is 2.88. The minimum atomic E-state index is -11.5. The van der Waals surface area contributed by atoms with Crippen molar-refractivity contribution in [3.8, 4) is 0 Å². The molecule has 0 radical (unpaired) electrons. The molecule has 0 saturated carbocycles. The van der Waals surface area contributed by atoms with Gasteiger partial charge in [0.05, 0.1) is 0 Å². The molecule has 3 aromatic rings. The first-order valence-electron chi connectivity index (χ1n) is 8.34. The van der Waals surface area contributed by atoms with E-state index in [4.69, 9.17) is 0 Å². The Morgan fingerprint density at radius 3 is 0.472 bits per heavy atom. The fourth-order valence-electron chi connectivity index (χ4n) is 3.15. The Kier molecular flexibility index (Phi) is 6.56. The maximum atomic E-state index is 16.5. The van der Waals surface area contributed by atoms with E-state index in [9.17, 15) is 65.9 Å². The molecule has 0 aliphatic rings. The molecular weight excluding hydrogens is 748 g/mol. The molecule has 0 saturated heterocycles. The predicted octanol–water partition coefficient (Wildman–Crippen LogP) is 5.13. The molecule has 0 unspecified atom stereocenters. The van der Waals surface area contributed by atoms with Crippen LogP contribution in [0.25, 0.3) is 0 Å². The van der Waals surface area contributed by atoms with Crippen LogP contribution in [-0.2, 0) is 0 Å². The van der Waals surface area contributed by atoms with Crippen LogP contribution in [0.5, 0.6) is 0 Å². The van der Waals surface area contributed by atoms with Gasteiger partial charge in [-0.15, -0.1) is 0 Å². The predicted molar refractivity (Wildman–Crippen MR) is 85.6 cm³/mol. The molecule has 3 aromatic carbocycles. The quantitative estimate of drug-likeness (QED) is 0.151. The Labute approximate surface area is 188 Å². The number of hydrogen-bond donors (Lipinski definition) is 0. The molecule has 0 atom stereocenters. The first kappa shape index (κ1) is 27.9. The number of rotatable bonds is 3. The van der Waals surface area contributed by atoms with Crippen LogP contribution in [0.15, 0.2) is 0 Å². The van der Waals surface area contributed by atoms with Crippen LogP contribution in [0.2, 0.25) is 0 Å². The Morgan fingerprint density at radius 2 is 0.333 bits per heavy atom. The van der Waals surface area contributed by atoms with Crippen molar-refractivity contribution in [2.24, 2.45) is 0 Å². The first-order valence-corrected chi connectivity index (χ1v) is 16.2. The van der Waals surface area contributed by atoms with Crippen molar-refractivity contribution in [3.63, 3.8) is 0 Å². The second-order valence-corrected chi connectivity index (χ2v) is 18.9. The molecule has 36 heavy (non-hydrogen) atoms. The summed E-state index contributed by atoms with van der Waals surface area (Å²) in [6.07, 6.45) is 0. The van der Waals surface area contributed by atoms with E-state index in [1.807, 2.05) is 0 Å². The van der Waals surface area contributed by atoms with Crippen LogP contribution >= 0.6 is 0 Å². The third-order valence-corrected chi connectivity index (χ3v) is 18.5. The zero-order valence-corrected chi connectivity index (χ0v) is 19.3. The summed E-state index contributed by atoms with van der Waals surface area (Å²) in [5.74, 6) is -52.9. The van der Waals surface area contributed by atoms with Crippen molar-refractivity contribution in [1.82, 2.24) is 0 Å². The number of hydrogen-bond acceptors (Lipinski definition) is 0. The average Bonchev–Trinajstić information content (AvgIpc) is 2.81. The molecule has 0 aromatic heterocycles. The van der Waals surface area contributed by atoms with E-state index in [-0.39, 0.29) is 0 Å². The summed E-state index contributed by atoms with van der Waals surface area (Å²) >= 11 is -11.5. The molecule has 3 rings (SSSR count). The van der Waals surface area contributed by atoms with Crippen molar-refractivity contribution in [1.29, 1.82) is 0 Å². The van der Waals surface area contributed by atoms with Crippen LogP contribution in [0.1, 0.15) is 0 Å². The molecule has 0 fully saturated rings. The molecule has 196 valence electrons. The first-order chi connectivity index (χ1) is 16.3. The van der Waals surface area contributed by atoms with E-state index >= 15 is 5.25 Å². The van der Waals surface area contributed by atoms with E-state index in [2.05, 4.69) is 0 Å². The summed E-state index contributed by atoms with van der Waals surface area (Å²) in [4.78, 5) is 0. The van der Waals surface area contributed by atoms with E-state index in [0.29, 0.717) is 0 Å². The Morgan fingerprint density at radius 1 is 0.222 bits per heavy atom. The molecule has 0 aliphatic carbocycles. The van der Waals surface area contributed by atoms with Crippen LogP contribution < -0.4 is 9.81 Å². The summed E-state index contributed by atoms with van der Waals surface area (Å²) in [5, 5.41) is 0. The molecule has 0 aliphatic heterocycles. The van der Waals surface area contributed by atoms with Crippen LogP contribution in [-0.4, -0.2) is 20.0 Å². The summed E-state index contributed by atoms with van der Waals surface area (Å²) in [5.41, 5.74) is 0. The van der Waals surface area contributed by atoms with Crippen molar-refractivity contribution in [2.75, 3.05) is 0 Å². The van der Waals surface area contributed by atoms with Gasteiger partial charge >= 0.3 is 188 Å². The van der Waals surface area contributed by atoms with Gasteiger partial charge in [-0.25, -0.2) is 0 Å². The van der Waals surface area contributed by atoms with Crippen molar-refractivity contribution in [3.05, 3.63) is 87.3 Å². The van der Waals surface area contributed by atoms with Crippen LogP contribution in [0.4, 0.5) is 71.1 Å². The SMILES string of the molecule is Fc1c(F)c(F)[c]([Bi]([F])([F])([c]2c(F)c(F)c(F)c(F)c2F)[c]2c(F)c(F)c(F)c(F)c2F)c(F)c1F. The van der Waals surface area contributed by atoms with Gasteiger partial charge in [-0.05, 0) is 0 Å². The van der Waals surface area contributed by atoms with Gasteiger partial charge in [0.2, 0.25) is 0 Å². The second kappa shape index (κ2) is 8.45. The van der Waals surface area contributed by atoms with Gasteiger partial charge in [-0.3, -0.25) is 0 Å². The topological polar surface area (TPSA) is 0 Å². The molecule has 0 N–H and O–H groups in total. The molecule has 18 heteroatoms. The van der Waals surface area contributed by atoms with Gasteiger partial charge in [0.1, 0.15) is 0 Å². The Bertz CT molecular complexity index is 1220. The normalized spacial score (nSPS) is 13.2. The van der Waals surface area contributed by atoms with E-state index in [0.717, 1.165) is 0 Å². The van der Waals surface area contributed by atoms with E-state index < -0.39 is 117 Å². The molecular formula is C18BiF17. The second-order valence-electron chi connectivity index (χ2n) is 6.66. The average molecular weight is 748 g/mol. The zero-order valence-electron chi connectivity index (χ0n) is 15.9. The maximum absolute atomic E-state index is 16.5. The minimum absolute atomic E-state index is 3.25. The van der Waals surface area contributed by atoms with Crippen LogP contribution in [0.3, 0.4) is 0 Å². The van der Waals surface area contributed by atoms with E-state index in [1.54, 1.807) is 0 Å². The van der Waals surface area contributed by atoms with Gasteiger partial charge in [-0.2, -0.15) is 0 Å². The fourth-order valence-corrected chi connectivity index (χ4v) is 16.1. The van der Waals surface area contributed by atoms with Crippen molar-refractivity contribution >= 4 is 29.8 Å². The molecule has 0 spiro atoms. The van der Waals surface area contributed by atoms with E-state index in [1.165, 1.54) is 0 Å². The van der Waals surface area contributed by atoms with Gasteiger partial charge in [-0.1, -0.05) is 0 Å². The summed E-state index contributed by atoms with van der Waals surface area (Å²) in [6, 6.07) is 0. The van der Waals surface area contributed by atoms with Gasteiger partial charge in [0.15, 0.2) is 0 Å². The van der Waals surface area contributed by atoms with Crippen molar-refractivity contribution in [2.45, 2.75) is 0 Å². The van der Waals surface area contributed by atoms with Crippen LogP contribution in [0, 0.1) is 87.3 Å². The monoisotopic (exact) mass is 748 g/mol. The molecule has 0 amide bonds. The number of halogens is 17. The third-order valence-electron chi connectivity index (χ3n) is 4.74. The number of benzene rings is 3. The molecule has 0 nitrogen and oxygen atoms in total. The molecule has 0 bridgehead atoms. The van der Waals surface area contributed by atoms with Gasteiger partial charge < -0.3 is 0 Å². The summed E-state index contributed by atoms with van der Waals surface area (Å²) in [6.45, 7) is 0.